The summed E-state index contributed by atoms with van der Waals surface area (Å²) in [6.45, 7) is 3.84. The highest BCUT2D eigenvalue weighted by atomic mass is 35.5. The van der Waals surface area contributed by atoms with Gasteiger partial charge in [0.05, 0.1) is 11.4 Å². The molecule has 4 rings (SSSR count). The van der Waals surface area contributed by atoms with Crippen LogP contribution >= 0.6 is 22.9 Å². The maximum Gasteiger partial charge on any atom is 0.279 e. The molecule has 4 aromatic rings. The third kappa shape index (κ3) is 4.21. The molecule has 6 nitrogen and oxygen atoms in total. The van der Waals surface area contributed by atoms with E-state index in [0.717, 1.165) is 26.7 Å². The van der Waals surface area contributed by atoms with E-state index in [9.17, 15) is 4.79 Å². The average Bonchev–Trinajstić information content (AvgIpc) is 3.31. The first-order valence-electron chi connectivity index (χ1n) is 9.00. The topological polar surface area (TPSA) is 72.7 Å². The molecule has 8 heteroatoms. The van der Waals surface area contributed by atoms with Gasteiger partial charge in [0.1, 0.15) is 0 Å². The third-order valence-electron chi connectivity index (χ3n) is 4.48. The van der Waals surface area contributed by atoms with Crippen molar-refractivity contribution in [3.05, 3.63) is 87.1 Å². The lowest BCUT2D eigenvalue weighted by molar-refractivity contribution is 0.102. The van der Waals surface area contributed by atoms with Gasteiger partial charge in [-0.05, 0) is 37.6 Å². The number of hydrogen-bond acceptors (Lipinski definition) is 5. The Labute approximate surface area is 177 Å². The molecular weight excluding hydrogens is 406 g/mol. The van der Waals surface area contributed by atoms with E-state index in [0.29, 0.717) is 17.2 Å². The number of aryl methyl sites for hydroxylation is 1. The van der Waals surface area contributed by atoms with Crippen LogP contribution in [0.5, 0.6) is 0 Å². The minimum Gasteiger partial charge on any atom is -0.296 e. The quantitative estimate of drug-likeness (QED) is 0.498. The van der Waals surface area contributed by atoms with E-state index < -0.39 is 0 Å². The largest absolute Gasteiger partial charge is 0.296 e. The molecule has 146 valence electrons. The molecule has 2 aromatic heterocycles. The third-order valence-corrected chi connectivity index (χ3v) is 5.77. The lowest BCUT2D eigenvalue weighted by Gasteiger charge is -2.04. The Kier molecular flexibility index (Phi) is 5.42. The number of hydrogen-bond donors (Lipinski definition) is 1. The Morgan fingerprint density at radius 3 is 2.66 bits per heavy atom. The van der Waals surface area contributed by atoms with Crippen LogP contribution in [-0.4, -0.2) is 25.9 Å². The van der Waals surface area contributed by atoms with E-state index in [-0.39, 0.29) is 11.6 Å². The minimum atomic E-state index is -0.334. The maximum atomic E-state index is 12.7. The number of rotatable bonds is 5. The van der Waals surface area contributed by atoms with E-state index in [1.165, 1.54) is 11.3 Å². The van der Waals surface area contributed by atoms with Crippen LogP contribution in [0.3, 0.4) is 0 Å². The van der Waals surface area contributed by atoms with Crippen LogP contribution in [0.25, 0.3) is 5.69 Å². The van der Waals surface area contributed by atoms with Crippen LogP contribution in [0, 0.1) is 13.8 Å². The van der Waals surface area contributed by atoms with Crippen LogP contribution in [0.15, 0.2) is 54.7 Å². The first-order chi connectivity index (χ1) is 14.0. The predicted octanol–water partition coefficient (Wildman–Crippen LogP) is 4.84. The number of carbonyl (C=O) groups is 1. The molecule has 0 fully saturated rings. The van der Waals surface area contributed by atoms with Crippen molar-refractivity contribution in [3.63, 3.8) is 0 Å². The molecule has 1 amide bonds. The number of benzene rings is 2. The first-order valence-corrected chi connectivity index (χ1v) is 10.2. The Balaban J connectivity index is 1.48. The number of thiazole rings is 1. The fourth-order valence-electron chi connectivity index (χ4n) is 2.90. The van der Waals surface area contributed by atoms with Crippen molar-refractivity contribution in [2.75, 3.05) is 5.32 Å². The minimum absolute atomic E-state index is 0.272. The summed E-state index contributed by atoms with van der Waals surface area (Å²) in [5.41, 5.74) is 3.97. The highest BCUT2D eigenvalue weighted by molar-refractivity contribution is 7.15. The fraction of sp³-hybridized carbons (Fsp3) is 0.143. The zero-order valence-corrected chi connectivity index (χ0v) is 17.5. The number of carbonyl (C=O) groups excluding carboxylic acids is 1. The first kappa shape index (κ1) is 19.3. The lowest BCUT2D eigenvalue weighted by atomic mass is 10.1. The SMILES string of the molecule is Cc1ccc(-n2nnc(C(=O)Nc3ncc(Cc4ccccc4Cl)s3)c2C)cc1. The molecule has 0 aliphatic heterocycles. The number of amides is 1. The molecule has 0 saturated carbocycles. The summed E-state index contributed by atoms with van der Waals surface area (Å²) < 4.78 is 1.65. The van der Waals surface area contributed by atoms with Crippen molar-refractivity contribution >= 4 is 34.0 Å². The molecule has 0 saturated heterocycles. The second-order valence-electron chi connectivity index (χ2n) is 6.62. The van der Waals surface area contributed by atoms with Crippen molar-refractivity contribution in [1.82, 2.24) is 20.0 Å². The molecular formula is C21H18ClN5OS. The zero-order valence-electron chi connectivity index (χ0n) is 15.9. The normalized spacial score (nSPS) is 10.9. The van der Waals surface area contributed by atoms with Crippen molar-refractivity contribution in [2.24, 2.45) is 0 Å². The van der Waals surface area contributed by atoms with Crippen LogP contribution in [0.1, 0.15) is 32.2 Å². The monoisotopic (exact) mass is 423 g/mol. The number of aromatic nitrogens is 4. The van der Waals surface area contributed by atoms with Gasteiger partial charge in [0.15, 0.2) is 10.8 Å². The van der Waals surface area contributed by atoms with Gasteiger partial charge in [-0.1, -0.05) is 52.7 Å². The summed E-state index contributed by atoms with van der Waals surface area (Å²) >= 11 is 7.63. The summed E-state index contributed by atoms with van der Waals surface area (Å²) in [7, 11) is 0. The van der Waals surface area contributed by atoms with Crippen LogP contribution < -0.4 is 5.32 Å². The second-order valence-corrected chi connectivity index (χ2v) is 8.15. The summed E-state index contributed by atoms with van der Waals surface area (Å²) in [4.78, 5) is 18.0. The standard InChI is InChI=1S/C21H18ClN5OS/c1-13-7-9-16(10-8-13)27-14(2)19(25-26-27)20(28)24-21-23-12-17(29-21)11-15-5-3-4-6-18(15)22/h3-10,12H,11H2,1-2H3,(H,23,24,28). The molecule has 0 bridgehead atoms. The fourth-order valence-corrected chi connectivity index (χ4v) is 3.94. The highest BCUT2D eigenvalue weighted by Gasteiger charge is 2.18. The predicted molar refractivity (Wildman–Crippen MR) is 115 cm³/mol. The lowest BCUT2D eigenvalue weighted by Crippen LogP contribution is -2.14. The second kappa shape index (κ2) is 8.14. The summed E-state index contributed by atoms with van der Waals surface area (Å²) in [5.74, 6) is -0.334. The number of halogens is 1. The van der Waals surface area contributed by atoms with Gasteiger partial charge in [-0.2, -0.15) is 0 Å². The van der Waals surface area contributed by atoms with Gasteiger partial charge in [-0.25, -0.2) is 9.67 Å². The molecule has 0 spiro atoms. The van der Waals surface area contributed by atoms with E-state index in [2.05, 4.69) is 20.6 Å². The van der Waals surface area contributed by atoms with Gasteiger partial charge >= 0.3 is 0 Å². The van der Waals surface area contributed by atoms with E-state index in [1.807, 2.05) is 62.4 Å². The van der Waals surface area contributed by atoms with E-state index in [1.54, 1.807) is 10.9 Å². The molecule has 0 radical (unpaired) electrons. The van der Waals surface area contributed by atoms with Gasteiger partial charge in [0, 0.05) is 22.5 Å². The van der Waals surface area contributed by atoms with Gasteiger partial charge < -0.3 is 0 Å². The molecule has 1 N–H and O–H groups in total. The smallest absolute Gasteiger partial charge is 0.279 e. The molecule has 0 aliphatic carbocycles. The molecule has 0 atom stereocenters. The Bertz CT molecular complexity index is 1170. The van der Waals surface area contributed by atoms with Crippen LogP contribution in [0.4, 0.5) is 5.13 Å². The summed E-state index contributed by atoms with van der Waals surface area (Å²) in [6, 6.07) is 15.6. The highest BCUT2D eigenvalue weighted by Crippen LogP contribution is 2.25. The van der Waals surface area contributed by atoms with Crippen molar-refractivity contribution in [1.29, 1.82) is 0 Å². The maximum absolute atomic E-state index is 12.7. The molecule has 29 heavy (non-hydrogen) atoms. The van der Waals surface area contributed by atoms with E-state index in [4.69, 9.17) is 11.6 Å². The Morgan fingerprint density at radius 1 is 1.14 bits per heavy atom. The molecule has 2 aromatic carbocycles. The van der Waals surface area contributed by atoms with Crippen molar-refractivity contribution < 1.29 is 4.79 Å². The molecule has 0 unspecified atom stereocenters. The van der Waals surface area contributed by atoms with Gasteiger partial charge in [-0.3, -0.25) is 10.1 Å². The Morgan fingerprint density at radius 2 is 1.90 bits per heavy atom. The van der Waals surface area contributed by atoms with E-state index >= 15 is 0 Å². The molecule has 0 aliphatic rings. The number of nitrogens with zero attached hydrogens (tertiary/aromatic N) is 4. The number of nitrogens with one attached hydrogen (secondary N) is 1. The zero-order chi connectivity index (χ0) is 20.4. The van der Waals surface area contributed by atoms with Crippen LogP contribution in [0.2, 0.25) is 5.02 Å². The van der Waals surface area contributed by atoms with Crippen molar-refractivity contribution in [2.45, 2.75) is 20.3 Å². The van der Waals surface area contributed by atoms with Crippen molar-refractivity contribution in [3.8, 4) is 5.69 Å². The van der Waals surface area contributed by atoms with Gasteiger partial charge in [0.2, 0.25) is 0 Å². The number of anilines is 1. The molecule has 2 heterocycles. The average molecular weight is 424 g/mol. The van der Waals surface area contributed by atoms with Gasteiger partial charge in [0.25, 0.3) is 5.91 Å². The van der Waals surface area contributed by atoms with Gasteiger partial charge in [-0.15, -0.1) is 16.4 Å². The van der Waals surface area contributed by atoms with Crippen LogP contribution in [-0.2, 0) is 6.42 Å². The summed E-state index contributed by atoms with van der Waals surface area (Å²) in [6.07, 6.45) is 2.41. The Hall–Kier alpha value is -3.03. The summed E-state index contributed by atoms with van der Waals surface area (Å²) in [5, 5.41) is 12.2.